The van der Waals surface area contributed by atoms with Gasteiger partial charge in [0.05, 0.1) is 24.2 Å². The summed E-state index contributed by atoms with van der Waals surface area (Å²) in [6.07, 6.45) is -3.07. The number of benzene rings is 2. The van der Waals surface area contributed by atoms with Crippen molar-refractivity contribution in [1.82, 2.24) is 25.8 Å². The molecule has 0 spiro atoms. The molecule has 2 aromatic carbocycles. The van der Waals surface area contributed by atoms with E-state index >= 15 is 0 Å². The highest BCUT2D eigenvalue weighted by atomic mass is 35.5. The number of epoxide rings is 1. The first kappa shape index (κ1) is 28.4. The fraction of sp³-hybridized carbons (Fsp3) is 0.346. The van der Waals surface area contributed by atoms with Crippen LogP contribution in [0.3, 0.4) is 0 Å². The zero-order chi connectivity index (χ0) is 29.2. The van der Waals surface area contributed by atoms with Gasteiger partial charge in [-0.05, 0) is 61.7 Å². The standard InChI is InChI=1S/C26H25ClF3N7O4/c1-14-19(41-14)12-20(38)36-37-21(39)15-2-8-18(9-3-15)31-22-32-23(34-24(33-22)40-13-26(28,29)30)35-25(10-11-25)16-4-6-17(27)7-5-16/h2-9,14,19H,10-13H2,1H3,(H,36,38)(H,37,39)(H2,31,32,33,34,35). The van der Waals surface area contributed by atoms with E-state index in [0.29, 0.717) is 10.7 Å². The van der Waals surface area contributed by atoms with Gasteiger partial charge in [0.25, 0.3) is 5.91 Å². The normalized spacial score (nSPS) is 18.7. The minimum atomic E-state index is -4.59. The molecule has 5 rings (SSSR count). The van der Waals surface area contributed by atoms with E-state index in [1.807, 2.05) is 19.1 Å². The van der Waals surface area contributed by atoms with E-state index in [9.17, 15) is 22.8 Å². The van der Waals surface area contributed by atoms with Crippen molar-refractivity contribution in [2.24, 2.45) is 0 Å². The first-order valence-corrected chi connectivity index (χ1v) is 13.0. The molecule has 2 heterocycles. The molecule has 15 heteroatoms. The van der Waals surface area contributed by atoms with Gasteiger partial charge in [-0.3, -0.25) is 20.4 Å². The lowest BCUT2D eigenvalue weighted by molar-refractivity contribution is -0.154. The van der Waals surface area contributed by atoms with Crippen LogP contribution in [0.1, 0.15) is 42.1 Å². The summed E-state index contributed by atoms with van der Waals surface area (Å²) in [4.78, 5) is 36.5. The predicted octanol–water partition coefficient (Wildman–Crippen LogP) is 4.25. The van der Waals surface area contributed by atoms with Crippen LogP contribution in [0.25, 0.3) is 0 Å². The summed E-state index contributed by atoms with van der Waals surface area (Å²) in [5.74, 6) is -0.976. The molecular formula is C26H25ClF3N7O4. The van der Waals surface area contributed by atoms with Crippen molar-refractivity contribution in [3.8, 4) is 6.01 Å². The maximum Gasteiger partial charge on any atom is 0.422 e. The summed E-state index contributed by atoms with van der Waals surface area (Å²) in [7, 11) is 0. The Morgan fingerprint density at radius 2 is 1.68 bits per heavy atom. The number of halogens is 4. The molecule has 2 aliphatic rings. The Morgan fingerprint density at radius 3 is 2.29 bits per heavy atom. The minimum Gasteiger partial charge on any atom is -0.454 e. The molecule has 216 valence electrons. The molecule has 11 nitrogen and oxygen atoms in total. The van der Waals surface area contributed by atoms with Crippen molar-refractivity contribution in [2.75, 3.05) is 17.2 Å². The second kappa shape index (κ2) is 11.4. The van der Waals surface area contributed by atoms with Crippen LogP contribution in [0.4, 0.5) is 30.8 Å². The van der Waals surface area contributed by atoms with Crippen LogP contribution in [0.2, 0.25) is 5.02 Å². The first-order valence-electron chi connectivity index (χ1n) is 12.6. The Bertz CT molecular complexity index is 1420. The van der Waals surface area contributed by atoms with Crippen LogP contribution in [0, 0.1) is 0 Å². The molecule has 2 amide bonds. The molecule has 1 saturated heterocycles. The number of hydrogen-bond donors (Lipinski definition) is 4. The van der Waals surface area contributed by atoms with Crippen molar-refractivity contribution >= 4 is 41.0 Å². The number of ether oxygens (including phenoxy) is 2. The lowest BCUT2D eigenvalue weighted by Gasteiger charge is -2.19. The van der Waals surface area contributed by atoms with E-state index in [0.717, 1.165) is 18.4 Å². The van der Waals surface area contributed by atoms with Gasteiger partial charge >= 0.3 is 12.2 Å². The Balaban J connectivity index is 1.27. The molecule has 3 aromatic rings. The van der Waals surface area contributed by atoms with Gasteiger partial charge in [0.15, 0.2) is 6.61 Å². The van der Waals surface area contributed by atoms with Gasteiger partial charge in [0, 0.05) is 16.3 Å². The fourth-order valence-corrected chi connectivity index (χ4v) is 4.11. The van der Waals surface area contributed by atoms with Gasteiger partial charge in [-0.1, -0.05) is 23.7 Å². The summed E-state index contributed by atoms with van der Waals surface area (Å²) in [6.45, 7) is 0.271. The number of rotatable bonds is 10. The van der Waals surface area contributed by atoms with E-state index in [2.05, 4.69) is 36.4 Å². The first-order chi connectivity index (χ1) is 19.5. The van der Waals surface area contributed by atoms with Crippen LogP contribution < -0.4 is 26.2 Å². The van der Waals surface area contributed by atoms with Gasteiger partial charge in [-0.2, -0.15) is 28.1 Å². The average molecular weight is 592 g/mol. The van der Waals surface area contributed by atoms with Crippen LogP contribution in [0.5, 0.6) is 6.01 Å². The topological polar surface area (TPSA) is 143 Å². The Kier molecular flexibility index (Phi) is 7.87. The number of aromatic nitrogens is 3. The quantitative estimate of drug-likeness (QED) is 0.201. The lowest BCUT2D eigenvalue weighted by atomic mass is 10.1. The Labute approximate surface area is 237 Å². The van der Waals surface area contributed by atoms with Crippen LogP contribution >= 0.6 is 11.6 Å². The largest absolute Gasteiger partial charge is 0.454 e. The van der Waals surface area contributed by atoms with Gasteiger partial charge in [-0.15, -0.1) is 0 Å². The third kappa shape index (κ3) is 7.73. The molecule has 2 fully saturated rings. The Morgan fingerprint density at radius 1 is 1.02 bits per heavy atom. The molecule has 1 saturated carbocycles. The number of carbonyl (C=O) groups excluding carboxylic acids is 2. The highest BCUT2D eigenvalue weighted by Gasteiger charge is 2.45. The fourth-order valence-electron chi connectivity index (χ4n) is 3.98. The van der Waals surface area contributed by atoms with Gasteiger partial charge in [0.2, 0.25) is 17.8 Å². The number of carbonyl (C=O) groups is 2. The van der Waals surface area contributed by atoms with E-state index in [1.54, 1.807) is 24.3 Å². The number of amides is 2. The van der Waals surface area contributed by atoms with E-state index < -0.39 is 30.2 Å². The summed E-state index contributed by atoms with van der Waals surface area (Å²) < 4.78 is 48.4. The molecular weight excluding hydrogens is 567 g/mol. The molecule has 1 aliphatic carbocycles. The molecule has 1 aromatic heterocycles. The number of anilines is 3. The van der Waals surface area contributed by atoms with Gasteiger partial charge < -0.3 is 20.1 Å². The minimum absolute atomic E-state index is 0.0184. The van der Waals surface area contributed by atoms with E-state index in [1.165, 1.54) is 12.1 Å². The highest BCUT2D eigenvalue weighted by molar-refractivity contribution is 6.30. The van der Waals surface area contributed by atoms with Gasteiger partial charge in [0.1, 0.15) is 0 Å². The molecule has 0 radical (unpaired) electrons. The lowest BCUT2D eigenvalue weighted by Crippen LogP contribution is -2.42. The van der Waals surface area contributed by atoms with Crippen molar-refractivity contribution in [1.29, 1.82) is 0 Å². The SMILES string of the molecule is CC1OC1CC(=O)NNC(=O)c1ccc(Nc2nc(NC3(c4ccc(Cl)cc4)CC3)nc(OCC(F)(F)F)n2)cc1. The van der Waals surface area contributed by atoms with Crippen molar-refractivity contribution in [3.63, 3.8) is 0 Å². The van der Waals surface area contributed by atoms with E-state index in [4.69, 9.17) is 21.1 Å². The van der Waals surface area contributed by atoms with Crippen molar-refractivity contribution < 1.29 is 32.2 Å². The summed E-state index contributed by atoms with van der Waals surface area (Å²) in [6, 6.07) is 12.7. The molecule has 41 heavy (non-hydrogen) atoms. The summed E-state index contributed by atoms with van der Waals surface area (Å²) in [5.41, 5.74) is 5.77. The average Bonchev–Trinajstić information content (AvgIpc) is 3.85. The van der Waals surface area contributed by atoms with Crippen LogP contribution in [0.15, 0.2) is 48.5 Å². The highest BCUT2D eigenvalue weighted by Crippen LogP contribution is 2.48. The molecule has 4 N–H and O–H groups in total. The van der Waals surface area contributed by atoms with E-state index in [-0.39, 0.29) is 42.0 Å². The second-order valence-electron chi connectivity index (χ2n) is 9.67. The maximum atomic E-state index is 12.8. The van der Waals surface area contributed by atoms with Gasteiger partial charge in [-0.25, -0.2) is 0 Å². The second-order valence-corrected chi connectivity index (χ2v) is 10.1. The third-order valence-electron chi connectivity index (χ3n) is 6.42. The number of nitrogens with one attached hydrogen (secondary N) is 4. The van der Waals surface area contributed by atoms with Crippen molar-refractivity contribution in [3.05, 3.63) is 64.7 Å². The smallest absolute Gasteiger partial charge is 0.422 e. The maximum absolute atomic E-state index is 12.8. The number of nitrogens with zero attached hydrogens (tertiary/aromatic N) is 3. The summed E-state index contributed by atoms with van der Waals surface area (Å²) >= 11 is 6.00. The summed E-state index contributed by atoms with van der Waals surface area (Å²) in [5, 5.41) is 6.65. The number of hydrazine groups is 1. The van der Waals surface area contributed by atoms with Crippen molar-refractivity contribution in [2.45, 2.75) is 50.1 Å². The number of hydrogen-bond acceptors (Lipinski definition) is 9. The third-order valence-corrected chi connectivity index (χ3v) is 6.67. The molecule has 2 unspecified atom stereocenters. The monoisotopic (exact) mass is 591 g/mol. The van der Waals surface area contributed by atoms with Crippen LogP contribution in [-0.2, 0) is 15.1 Å². The molecule has 2 atom stereocenters. The zero-order valence-corrected chi connectivity index (χ0v) is 22.3. The zero-order valence-electron chi connectivity index (χ0n) is 21.6. The number of alkyl halides is 3. The Hall–Kier alpha value is -4.17. The van der Waals surface area contributed by atoms with Crippen LogP contribution in [-0.4, -0.2) is 51.8 Å². The molecule has 0 bridgehead atoms. The predicted molar refractivity (Wildman–Crippen MR) is 142 cm³/mol. The molecule has 1 aliphatic heterocycles.